The van der Waals surface area contributed by atoms with E-state index in [1.165, 1.54) is 7.11 Å². The Morgan fingerprint density at radius 2 is 1.67 bits per heavy atom. The molecule has 1 heterocycles. The lowest BCUT2D eigenvalue weighted by molar-refractivity contribution is -0.142. The molecule has 2 rings (SSSR count). The first-order valence-corrected chi connectivity index (χ1v) is 7.85. The minimum atomic E-state index is -0.487. The molecule has 6 nitrogen and oxygen atoms in total. The van der Waals surface area contributed by atoms with Crippen molar-refractivity contribution in [3.05, 3.63) is 17.7 Å². The molecule has 1 saturated heterocycles. The molecule has 1 aliphatic rings. The van der Waals surface area contributed by atoms with E-state index in [2.05, 4.69) is 4.74 Å². The highest BCUT2D eigenvalue weighted by Crippen LogP contribution is 2.37. The Bertz CT molecular complexity index is 610. The lowest BCUT2D eigenvalue weighted by atomic mass is 9.76. The third kappa shape index (κ3) is 3.52. The molecular formula is C17H25BO6. The Labute approximate surface area is 143 Å². The zero-order valence-corrected chi connectivity index (χ0v) is 15.4. The van der Waals surface area contributed by atoms with E-state index in [-0.39, 0.29) is 6.61 Å². The second-order valence-electron chi connectivity index (χ2n) is 6.81. The molecule has 0 amide bonds. The molecule has 0 atom stereocenters. The number of benzene rings is 1. The maximum atomic E-state index is 11.3. The van der Waals surface area contributed by atoms with E-state index in [1.54, 1.807) is 7.11 Å². The molecule has 0 saturated carbocycles. The number of hydrogen-bond acceptors (Lipinski definition) is 6. The first kappa shape index (κ1) is 18.6. The van der Waals surface area contributed by atoms with Crippen LogP contribution in [0.2, 0.25) is 0 Å². The average Bonchev–Trinajstić information content (AvgIpc) is 2.72. The van der Waals surface area contributed by atoms with Gasteiger partial charge in [-0.25, -0.2) is 4.79 Å². The van der Waals surface area contributed by atoms with Crippen molar-refractivity contribution in [3.63, 3.8) is 0 Å². The van der Waals surface area contributed by atoms with E-state index in [0.29, 0.717) is 11.5 Å². The van der Waals surface area contributed by atoms with Crippen LogP contribution < -0.4 is 14.9 Å². The van der Waals surface area contributed by atoms with Gasteiger partial charge in [-0.3, -0.25) is 0 Å². The Morgan fingerprint density at radius 1 is 1.08 bits per heavy atom. The summed E-state index contributed by atoms with van der Waals surface area (Å²) in [6, 6.07) is 3.63. The van der Waals surface area contributed by atoms with E-state index < -0.39 is 24.3 Å². The summed E-state index contributed by atoms with van der Waals surface area (Å²) in [6.45, 7) is 9.79. The molecule has 7 heteroatoms. The molecule has 0 aromatic heterocycles. The van der Waals surface area contributed by atoms with Crippen LogP contribution in [-0.4, -0.2) is 45.1 Å². The number of carbonyl (C=O) groups excluding carboxylic acids is 1. The van der Waals surface area contributed by atoms with Gasteiger partial charge in [0.1, 0.15) is 0 Å². The van der Waals surface area contributed by atoms with Crippen LogP contribution in [0.25, 0.3) is 0 Å². The van der Waals surface area contributed by atoms with Gasteiger partial charge in [-0.1, -0.05) is 0 Å². The van der Waals surface area contributed by atoms with Crippen LogP contribution in [0.1, 0.15) is 33.3 Å². The third-order valence-corrected chi connectivity index (χ3v) is 4.63. The van der Waals surface area contributed by atoms with Crippen molar-refractivity contribution in [2.45, 2.75) is 45.8 Å². The first-order valence-electron chi connectivity index (χ1n) is 7.85. The molecule has 0 aliphatic carbocycles. The molecule has 132 valence electrons. The highest BCUT2D eigenvalue weighted by molar-refractivity contribution is 6.62. The number of carbonyl (C=O) groups is 1. The SMILES string of the molecule is COC(=O)COc1cc(C)c(B2OC(C)(C)C(C)(C)O2)cc1OC. The van der Waals surface area contributed by atoms with E-state index in [1.807, 2.05) is 46.8 Å². The number of rotatable bonds is 5. The molecule has 1 aromatic rings. The monoisotopic (exact) mass is 336 g/mol. The summed E-state index contributed by atoms with van der Waals surface area (Å²) in [4.78, 5) is 11.3. The minimum absolute atomic E-state index is 0.178. The largest absolute Gasteiger partial charge is 0.495 e. The molecule has 1 aliphatic heterocycles. The fourth-order valence-corrected chi connectivity index (χ4v) is 2.37. The minimum Gasteiger partial charge on any atom is -0.493 e. The molecule has 0 unspecified atom stereocenters. The van der Waals surface area contributed by atoms with Gasteiger partial charge in [-0.05, 0) is 57.8 Å². The van der Waals surface area contributed by atoms with Crippen LogP contribution in [-0.2, 0) is 18.8 Å². The van der Waals surface area contributed by atoms with Crippen molar-refractivity contribution in [2.75, 3.05) is 20.8 Å². The molecule has 24 heavy (non-hydrogen) atoms. The van der Waals surface area contributed by atoms with Crippen LogP contribution >= 0.6 is 0 Å². The smallest absolute Gasteiger partial charge is 0.493 e. The van der Waals surface area contributed by atoms with Crippen molar-refractivity contribution in [3.8, 4) is 11.5 Å². The second-order valence-corrected chi connectivity index (χ2v) is 6.81. The highest BCUT2D eigenvalue weighted by atomic mass is 16.7. The van der Waals surface area contributed by atoms with Crippen LogP contribution in [0.4, 0.5) is 0 Å². The van der Waals surface area contributed by atoms with Gasteiger partial charge in [-0.2, -0.15) is 0 Å². The van der Waals surface area contributed by atoms with Crippen molar-refractivity contribution >= 4 is 18.6 Å². The summed E-state index contributed by atoms with van der Waals surface area (Å²) < 4.78 is 27.6. The maximum Gasteiger partial charge on any atom is 0.495 e. The van der Waals surface area contributed by atoms with E-state index in [4.69, 9.17) is 18.8 Å². The Kier molecular flexibility index (Phi) is 5.15. The quantitative estimate of drug-likeness (QED) is 0.604. The zero-order chi connectivity index (χ0) is 18.1. The number of ether oxygens (including phenoxy) is 3. The summed E-state index contributed by atoms with van der Waals surface area (Å²) in [5, 5.41) is 0. The summed E-state index contributed by atoms with van der Waals surface area (Å²) in [7, 11) is 2.37. The van der Waals surface area contributed by atoms with Gasteiger partial charge >= 0.3 is 13.1 Å². The van der Waals surface area contributed by atoms with Gasteiger partial charge in [0, 0.05) is 0 Å². The maximum absolute atomic E-state index is 11.3. The Hall–Kier alpha value is -1.73. The summed E-state index contributed by atoms with van der Waals surface area (Å²) in [6.07, 6.45) is 0. The zero-order valence-electron chi connectivity index (χ0n) is 15.4. The van der Waals surface area contributed by atoms with Gasteiger partial charge < -0.3 is 23.5 Å². The van der Waals surface area contributed by atoms with Crippen LogP contribution in [0, 0.1) is 6.92 Å². The lowest BCUT2D eigenvalue weighted by Crippen LogP contribution is -2.41. The standard InChI is InChI=1S/C17H25BO6/c1-11-8-14(22-10-15(19)21-7)13(20-6)9-12(11)18-23-16(2,3)17(4,5)24-18/h8-9H,10H2,1-7H3. The number of hydrogen-bond donors (Lipinski definition) is 0. The highest BCUT2D eigenvalue weighted by Gasteiger charge is 2.52. The predicted octanol–water partition coefficient (Wildman–Crippen LogP) is 1.85. The van der Waals surface area contributed by atoms with Crippen LogP contribution in [0.3, 0.4) is 0 Å². The van der Waals surface area contributed by atoms with E-state index in [9.17, 15) is 4.79 Å². The summed E-state index contributed by atoms with van der Waals surface area (Å²) in [5.41, 5.74) is 0.958. The molecular weight excluding hydrogens is 311 g/mol. The second kappa shape index (κ2) is 6.65. The number of esters is 1. The predicted molar refractivity (Wildman–Crippen MR) is 91.0 cm³/mol. The van der Waals surface area contributed by atoms with Crippen LogP contribution in [0.5, 0.6) is 11.5 Å². The topological polar surface area (TPSA) is 63.2 Å². The molecule has 0 spiro atoms. The summed E-state index contributed by atoms with van der Waals surface area (Å²) >= 11 is 0. The lowest BCUT2D eigenvalue weighted by Gasteiger charge is -2.32. The molecule has 0 radical (unpaired) electrons. The number of methoxy groups -OCH3 is 2. The Morgan fingerprint density at radius 3 is 2.17 bits per heavy atom. The third-order valence-electron chi connectivity index (χ3n) is 4.63. The van der Waals surface area contributed by atoms with Crippen LogP contribution in [0.15, 0.2) is 12.1 Å². The van der Waals surface area contributed by atoms with E-state index in [0.717, 1.165) is 11.0 Å². The fourth-order valence-electron chi connectivity index (χ4n) is 2.37. The average molecular weight is 336 g/mol. The number of aryl methyl sites for hydroxylation is 1. The first-order chi connectivity index (χ1) is 11.1. The van der Waals surface area contributed by atoms with Gasteiger partial charge in [0.25, 0.3) is 0 Å². The molecule has 1 fully saturated rings. The van der Waals surface area contributed by atoms with Gasteiger partial charge in [0.05, 0.1) is 25.4 Å². The summed E-state index contributed by atoms with van der Waals surface area (Å²) in [5.74, 6) is 0.527. The van der Waals surface area contributed by atoms with Crippen molar-refractivity contribution < 1.29 is 28.3 Å². The Balaban J connectivity index is 2.29. The van der Waals surface area contributed by atoms with Gasteiger partial charge in [0.2, 0.25) is 0 Å². The van der Waals surface area contributed by atoms with Gasteiger partial charge in [0.15, 0.2) is 18.1 Å². The normalized spacial score (nSPS) is 18.4. The van der Waals surface area contributed by atoms with Crippen molar-refractivity contribution in [1.82, 2.24) is 0 Å². The fraction of sp³-hybridized carbons (Fsp3) is 0.588. The van der Waals surface area contributed by atoms with Crippen molar-refractivity contribution in [1.29, 1.82) is 0 Å². The molecule has 0 bridgehead atoms. The van der Waals surface area contributed by atoms with Crippen molar-refractivity contribution in [2.24, 2.45) is 0 Å². The molecule has 1 aromatic carbocycles. The molecule has 0 N–H and O–H groups in total. The van der Waals surface area contributed by atoms with E-state index >= 15 is 0 Å². The van der Waals surface area contributed by atoms with Gasteiger partial charge in [-0.15, -0.1) is 0 Å².